The van der Waals surface area contributed by atoms with Crippen molar-refractivity contribution in [1.82, 2.24) is 0 Å². The summed E-state index contributed by atoms with van der Waals surface area (Å²) in [6.07, 6.45) is -3.64. The first-order valence-corrected chi connectivity index (χ1v) is 10.7. The van der Waals surface area contributed by atoms with Crippen molar-refractivity contribution in [3.05, 3.63) is 28.6 Å². The predicted octanol–water partition coefficient (Wildman–Crippen LogP) is 0.635. The average molecular weight is 452 g/mol. The second kappa shape index (κ2) is 9.24. The first-order valence-electron chi connectivity index (χ1n) is 10.7. The van der Waals surface area contributed by atoms with Gasteiger partial charge >= 0.3 is 5.63 Å². The minimum absolute atomic E-state index is 0.0511. The van der Waals surface area contributed by atoms with Gasteiger partial charge in [0.25, 0.3) is 0 Å². The lowest BCUT2D eigenvalue weighted by Crippen LogP contribution is -2.60. The Morgan fingerprint density at radius 1 is 1.03 bits per heavy atom. The zero-order valence-corrected chi connectivity index (χ0v) is 17.6. The van der Waals surface area contributed by atoms with Crippen LogP contribution in [-0.2, 0) is 4.74 Å². The normalized spacial score (nSPS) is 33.2. The Balaban J connectivity index is 1.59. The van der Waals surface area contributed by atoms with Crippen LogP contribution < -0.4 is 15.1 Å². The van der Waals surface area contributed by atoms with E-state index in [9.17, 15) is 30.3 Å². The van der Waals surface area contributed by atoms with Crippen LogP contribution in [0.25, 0.3) is 11.0 Å². The third-order valence-corrected chi connectivity index (χ3v) is 6.16. The summed E-state index contributed by atoms with van der Waals surface area (Å²) in [5, 5.41) is 49.9. The molecule has 1 aromatic carbocycles. The molecule has 32 heavy (non-hydrogen) atoms. The smallest absolute Gasteiger partial charge is 0.382 e. The fraction of sp³-hybridized carbons (Fsp3) is 0.591. The summed E-state index contributed by atoms with van der Waals surface area (Å²) < 4.78 is 22.1. The van der Waals surface area contributed by atoms with E-state index in [2.05, 4.69) is 6.92 Å². The molecule has 5 atom stereocenters. The monoisotopic (exact) mass is 452 g/mol. The molecule has 0 unspecified atom stereocenters. The molecule has 1 saturated heterocycles. The van der Waals surface area contributed by atoms with Crippen molar-refractivity contribution in [1.29, 1.82) is 0 Å². The van der Waals surface area contributed by atoms with Crippen molar-refractivity contribution in [3.8, 4) is 17.2 Å². The number of aliphatic hydroxyl groups is 4. The van der Waals surface area contributed by atoms with Crippen molar-refractivity contribution >= 4 is 11.0 Å². The van der Waals surface area contributed by atoms with Gasteiger partial charge in [-0.25, -0.2) is 4.79 Å². The fourth-order valence-electron chi connectivity index (χ4n) is 4.15. The van der Waals surface area contributed by atoms with Crippen molar-refractivity contribution in [2.24, 2.45) is 5.92 Å². The number of ether oxygens (including phenoxy) is 3. The Hall–Kier alpha value is -2.37. The highest BCUT2D eigenvalue weighted by molar-refractivity contribution is 5.86. The van der Waals surface area contributed by atoms with E-state index in [0.29, 0.717) is 11.3 Å². The first kappa shape index (κ1) is 22.8. The van der Waals surface area contributed by atoms with Crippen molar-refractivity contribution in [2.75, 3.05) is 6.61 Å². The highest BCUT2D eigenvalue weighted by Crippen LogP contribution is 2.37. The maximum atomic E-state index is 12.2. The van der Waals surface area contributed by atoms with E-state index in [1.165, 1.54) is 18.2 Å². The summed E-state index contributed by atoms with van der Waals surface area (Å²) in [5.74, 6) is 0.199. The molecule has 1 saturated carbocycles. The molecule has 0 bridgehead atoms. The van der Waals surface area contributed by atoms with E-state index in [0.717, 1.165) is 25.7 Å². The maximum Gasteiger partial charge on any atom is 0.382 e. The highest BCUT2D eigenvalue weighted by Gasteiger charge is 2.44. The molecule has 0 radical (unpaired) electrons. The molecule has 2 heterocycles. The number of aliphatic hydroxyl groups excluding tert-OH is 4. The summed E-state index contributed by atoms with van der Waals surface area (Å²) in [6, 6.07) is 4.41. The summed E-state index contributed by atoms with van der Waals surface area (Å²) >= 11 is 0. The molecule has 1 aromatic heterocycles. The molecule has 2 aromatic rings. The summed E-state index contributed by atoms with van der Waals surface area (Å²) in [7, 11) is 0. The van der Waals surface area contributed by atoms with Crippen LogP contribution in [0.4, 0.5) is 0 Å². The number of rotatable bonds is 5. The van der Waals surface area contributed by atoms with E-state index in [1.807, 2.05) is 0 Å². The largest absolute Gasteiger partial charge is 0.499 e. The Kier molecular flexibility index (Phi) is 6.59. The molecule has 2 aliphatic rings. The standard InChI is InChI=1S/C22H28O10/c1-10-2-4-11(5-3-10)29-20-13-7-6-12(8-14(13)31-21(28)19(20)27)30-22-18(26)17(25)16(24)15(9-23)32-22/h6-8,10-11,15-18,22-27H,2-5,9H2,1H3/t10?,11?,15-,16-,17+,18+,22-/m1/s1. The van der Waals surface area contributed by atoms with Gasteiger partial charge in [-0.2, -0.15) is 0 Å². The molecule has 1 aliphatic heterocycles. The van der Waals surface area contributed by atoms with Gasteiger partial charge in [0.15, 0.2) is 5.75 Å². The van der Waals surface area contributed by atoms with Crippen LogP contribution in [0.1, 0.15) is 32.6 Å². The number of fused-ring (bicyclic) bond motifs is 1. The van der Waals surface area contributed by atoms with Crippen LogP contribution in [0.2, 0.25) is 0 Å². The second-order valence-electron chi connectivity index (χ2n) is 8.54. The fourth-order valence-corrected chi connectivity index (χ4v) is 4.15. The van der Waals surface area contributed by atoms with Gasteiger partial charge in [0.05, 0.1) is 18.1 Å². The molecule has 5 N–H and O–H groups in total. The Morgan fingerprint density at radius 2 is 1.75 bits per heavy atom. The minimum Gasteiger partial charge on any atom is -0.499 e. The third-order valence-electron chi connectivity index (χ3n) is 6.16. The van der Waals surface area contributed by atoms with E-state index < -0.39 is 48.7 Å². The van der Waals surface area contributed by atoms with E-state index in [-0.39, 0.29) is 23.2 Å². The lowest BCUT2D eigenvalue weighted by atomic mass is 9.89. The topological polar surface area (TPSA) is 159 Å². The van der Waals surface area contributed by atoms with Gasteiger partial charge in [-0.15, -0.1) is 0 Å². The molecule has 1 aliphatic carbocycles. The Labute approximate surface area is 183 Å². The first-order chi connectivity index (χ1) is 15.3. The molecule has 4 rings (SSSR count). The summed E-state index contributed by atoms with van der Waals surface area (Å²) in [6.45, 7) is 1.59. The van der Waals surface area contributed by atoms with Crippen LogP contribution in [0.3, 0.4) is 0 Å². The highest BCUT2D eigenvalue weighted by atomic mass is 16.7. The lowest BCUT2D eigenvalue weighted by Gasteiger charge is -2.39. The third kappa shape index (κ3) is 4.41. The maximum absolute atomic E-state index is 12.2. The van der Waals surface area contributed by atoms with Gasteiger partial charge in [-0.3, -0.25) is 0 Å². The van der Waals surface area contributed by atoms with Gasteiger partial charge in [-0.05, 0) is 43.7 Å². The van der Waals surface area contributed by atoms with Gasteiger partial charge in [0.1, 0.15) is 35.7 Å². The second-order valence-corrected chi connectivity index (χ2v) is 8.54. The summed E-state index contributed by atoms with van der Waals surface area (Å²) in [4.78, 5) is 12.2. The average Bonchev–Trinajstić information content (AvgIpc) is 2.78. The van der Waals surface area contributed by atoms with E-state index >= 15 is 0 Å². The van der Waals surface area contributed by atoms with Gasteiger partial charge in [0.2, 0.25) is 12.0 Å². The Morgan fingerprint density at radius 3 is 2.44 bits per heavy atom. The van der Waals surface area contributed by atoms with E-state index in [1.54, 1.807) is 0 Å². The molecule has 176 valence electrons. The molecule has 10 heteroatoms. The van der Waals surface area contributed by atoms with Crippen molar-refractivity contribution in [3.63, 3.8) is 0 Å². The van der Waals surface area contributed by atoms with Gasteiger partial charge < -0.3 is 44.2 Å². The van der Waals surface area contributed by atoms with Gasteiger partial charge in [-0.1, -0.05) is 6.92 Å². The molecule has 2 fully saturated rings. The van der Waals surface area contributed by atoms with Crippen molar-refractivity contribution in [2.45, 2.75) is 69.4 Å². The molecule has 10 nitrogen and oxygen atoms in total. The van der Waals surface area contributed by atoms with Crippen LogP contribution >= 0.6 is 0 Å². The van der Waals surface area contributed by atoms with E-state index in [4.69, 9.17) is 18.6 Å². The van der Waals surface area contributed by atoms with Crippen molar-refractivity contribution < 1.29 is 44.2 Å². The van der Waals surface area contributed by atoms with Gasteiger partial charge in [0, 0.05) is 6.07 Å². The number of benzene rings is 1. The van der Waals surface area contributed by atoms with Crippen LogP contribution in [-0.4, -0.2) is 68.9 Å². The SMILES string of the molecule is CC1CCC(Oc2c(O)c(=O)oc3cc(O[C@@H]4O[C@H](CO)[C@@H](O)[C@H](O)[C@@H]4O)ccc23)CC1. The number of aromatic hydroxyl groups is 1. The van der Waals surface area contributed by atoms with Crippen LogP contribution in [0.15, 0.2) is 27.4 Å². The Bertz CT molecular complexity index is 994. The number of hydrogen-bond acceptors (Lipinski definition) is 10. The molecular weight excluding hydrogens is 424 g/mol. The zero-order valence-electron chi connectivity index (χ0n) is 17.6. The zero-order chi connectivity index (χ0) is 23.0. The van der Waals surface area contributed by atoms with Crippen LogP contribution in [0, 0.1) is 5.92 Å². The lowest BCUT2D eigenvalue weighted by molar-refractivity contribution is -0.277. The summed E-state index contributed by atoms with van der Waals surface area (Å²) in [5.41, 5.74) is -0.865. The quantitative estimate of drug-likeness (QED) is 0.407. The van der Waals surface area contributed by atoms with Crippen LogP contribution in [0.5, 0.6) is 17.2 Å². The minimum atomic E-state index is -1.58. The molecular formula is C22H28O10. The molecule has 0 amide bonds. The number of hydrogen-bond donors (Lipinski definition) is 5. The predicted molar refractivity (Wildman–Crippen MR) is 111 cm³/mol. The molecule has 0 spiro atoms.